The molecule has 1 aliphatic carbocycles. The van der Waals surface area contributed by atoms with Crippen molar-refractivity contribution in [1.82, 2.24) is 9.88 Å². The molecular formula is C23H23N3O3. The number of anilines is 1. The van der Waals surface area contributed by atoms with Crippen LogP contribution in [0.4, 0.5) is 5.69 Å². The van der Waals surface area contributed by atoms with E-state index >= 15 is 0 Å². The number of hydrogen-bond acceptors (Lipinski definition) is 4. The monoisotopic (exact) mass is 389 g/mol. The minimum absolute atomic E-state index is 0.0193. The van der Waals surface area contributed by atoms with Crippen LogP contribution in [0.3, 0.4) is 0 Å². The lowest BCUT2D eigenvalue weighted by molar-refractivity contribution is -0.116. The van der Waals surface area contributed by atoms with Gasteiger partial charge in [-0.3, -0.25) is 14.5 Å². The second kappa shape index (κ2) is 7.46. The van der Waals surface area contributed by atoms with Crippen molar-refractivity contribution in [1.29, 1.82) is 0 Å². The van der Waals surface area contributed by atoms with E-state index in [0.717, 1.165) is 78.1 Å². The number of carbonyl (C=O) groups excluding carboxylic acids is 1. The van der Waals surface area contributed by atoms with Gasteiger partial charge in [0, 0.05) is 49.1 Å². The van der Waals surface area contributed by atoms with E-state index in [9.17, 15) is 9.59 Å². The molecule has 1 amide bonds. The lowest BCUT2D eigenvalue weighted by Crippen LogP contribution is -2.38. The van der Waals surface area contributed by atoms with Gasteiger partial charge in [0.05, 0.1) is 18.9 Å². The molecule has 2 aromatic carbocycles. The number of rotatable bonds is 4. The number of ether oxygens (including phenoxy) is 1. The summed E-state index contributed by atoms with van der Waals surface area (Å²) in [5.74, 6) is 0.0193. The van der Waals surface area contributed by atoms with Crippen LogP contribution in [0.5, 0.6) is 0 Å². The van der Waals surface area contributed by atoms with Crippen LogP contribution >= 0.6 is 0 Å². The molecule has 1 saturated heterocycles. The summed E-state index contributed by atoms with van der Waals surface area (Å²) in [6.07, 6.45) is 1.22. The van der Waals surface area contributed by atoms with Gasteiger partial charge in [0.2, 0.25) is 5.91 Å². The van der Waals surface area contributed by atoms with Gasteiger partial charge in [-0.2, -0.15) is 0 Å². The first kappa shape index (κ1) is 18.1. The Balaban J connectivity index is 1.33. The fourth-order valence-electron chi connectivity index (χ4n) is 4.31. The molecular weight excluding hydrogens is 366 g/mol. The normalized spacial score (nSPS) is 15.9. The zero-order chi connectivity index (χ0) is 19.8. The Morgan fingerprint density at radius 3 is 2.72 bits per heavy atom. The molecule has 148 valence electrons. The number of amides is 1. The number of benzene rings is 2. The number of pyridine rings is 1. The van der Waals surface area contributed by atoms with Gasteiger partial charge < -0.3 is 15.0 Å². The third kappa shape index (κ3) is 3.45. The highest BCUT2D eigenvalue weighted by Gasteiger charge is 2.23. The highest BCUT2D eigenvalue weighted by atomic mass is 16.5. The molecule has 1 aromatic heterocycles. The SMILES string of the molecule is O=C(CCN1CCOCC1)Nc1ccc2c(c1)Cc1c-2[nH]c(=O)c2ccccc12. The minimum Gasteiger partial charge on any atom is -0.379 e. The molecule has 6 nitrogen and oxygen atoms in total. The van der Waals surface area contributed by atoms with Crippen molar-refractivity contribution < 1.29 is 9.53 Å². The van der Waals surface area contributed by atoms with Gasteiger partial charge in [-0.25, -0.2) is 0 Å². The molecule has 1 aliphatic heterocycles. The molecule has 2 aliphatic rings. The van der Waals surface area contributed by atoms with Crippen LogP contribution in [-0.4, -0.2) is 48.6 Å². The maximum absolute atomic E-state index is 12.4. The Bertz CT molecular complexity index is 1150. The molecule has 6 heteroatoms. The van der Waals surface area contributed by atoms with E-state index in [1.54, 1.807) is 0 Å². The summed E-state index contributed by atoms with van der Waals surface area (Å²) in [5, 5.41) is 4.73. The molecule has 0 saturated carbocycles. The van der Waals surface area contributed by atoms with E-state index in [1.807, 2.05) is 42.5 Å². The van der Waals surface area contributed by atoms with Crippen LogP contribution in [0, 0.1) is 0 Å². The standard InChI is InChI=1S/C23H23N3O3/c27-21(7-8-26-9-11-29-12-10-26)24-16-5-6-17-15(13-16)14-20-18-3-1-2-4-19(18)23(28)25-22(17)20/h1-6,13H,7-12,14H2,(H,24,27)(H,25,28). The van der Waals surface area contributed by atoms with E-state index in [1.165, 1.54) is 0 Å². The van der Waals surface area contributed by atoms with E-state index in [4.69, 9.17) is 4.74 Å². The average molecular weight is 389 g/mol. The molecule has 3 aromatic rings. The first-order valence-electron chi connectivity index (χ1n) is 10.1. The van der Waals surface area contributed by atoms with Crippen LogP contribution in [0.2, 0.25) is 0 Å². The van der Waals surface area contributed by atoms with Crippen molar-refractivity contribution >= 4 is 22.4 Å². The molecule has 0 bridgehead atoms. The summed E-state index contributed by atoms with van der Waals surface area (Å²) in [4.78, 5) is 30.1. The van der Waals surface area contributed by atoms with Crippen molar-refractivity contribution in [2.45, 2.75) is 12.8 Å². The topological polar surface area (TPSA) is 74.4 Å². The molecule has 0 radical (unpaired) electrons. The van der Waals surface area contributed by atoms with E-state index in [0.29, 0.717) is 6.42 Å². The van der Waals surface area contributed by atoms with Gasteiger partial charge in [0.15, 0.2) is 0 Å². The second-order valence-electron chi connectivity index (χ2n) is 7.65. The Hall–Kier alpha value is -2.96. The first-order valence-corrected chi connectivity index (χ1v) is 10.1. The quantitative estimate of drug-likeness (QED) is 0.563. The minimum atomic E-state index is -0.0623. The second-order valence-corrected chi connectivity index (χ2v) is 7.65. The fraction of sp³-hybridized carbons (Fsp3) is 0.304. The largest absolute Gasteiger partial charge is 0.379 e. The summed E-state index contributed by atoms with van der Waals surface area (Å²) >= 11 is 0. The number of nitrogens with one attached hydrogen (secondary N) is 2. The zero-order valence-corrected chi connectivity index (χ0v) is 16.2. The van der Waals surface area contributed by atoms with Crippen LogP contribution in [-0.2, 0) is 16.0 Å². The summed E-state index contributed by atoms with van der Waals surface area (Å²) in [7, 11) is 0. The number of fused-ring (bicyclic) bond motifs is 5. The third-order valence-corrected chi connectivity index (χ3v) is 5.82. The van der Waals surface area contributed by atoms with Gasteiger partial charge in [0.1, 0.15) is 0 Å². The first-order chi connectivity index (χ1) is 14.2. The molecule has 5 rings (SSSR count). The number of hydrogen-bond donors (Lipinski definition) is 2. The Kier molecular flexibility index (Phi) is 4.66. The predicted octanol–water partition coefficient (Wildman–Crippen LogP) is 2.76. The maximum Gasteiger partial charge on any atom is 0.256 e. The lowest BCUT2D eigenvalue weighted by Gasteiger charge is -2.26. The molecule has 1 fully saturated rings. The third-order valence-electron chi connectivity index (χ3n) is 5.82. The average Bonchev–Trinajstić information content (AvgIpc) is 3.11. The highest BCUT2D eigenvalue weighted by Crippen LogP contribution is 2.38. The fourth-order valence-corrected chi connectivity index (χ4v) is 4.31. The van der Waals surface area contributed by atoms with E-state index in [2.05, 4.69) is 15.2 Å². The lowest BCUT2D eigenvalue weighted by atomic mass is 10.0. The number of morpholine rings is 1. The van der Waals surface area contributed by atoms with Crippen LogP contribution < -0.4 is 10.9 Å². The Morgan fingerprint density at radius 1 is 1.10 bits per heavy atom. The van der Waals surface area contributed by atoms with Gasteiger partial charge in [-0.1, -0.05) is 24.3 Å². The van der Waals surface area contributed by atoms with Gasteiger partial charge in [0.25, 0.3) is 5.56 Å². The van der Waals surface area contributed by atoms with E-state index in [-0.39, 0.29) is 11.5 Å². The van der Waals surface area contributed by atoms with Crippen LogP contribution in [0.15, 0.2) is 47.3 Å². The number of aromatic nitrogens is 1. The van der Waals surface area contributed by atoms with Crippen molar-refractivity contribution in [3.63, 3.8) is 0 Å². The summed E-state index contributed by atoms with van der Waals surface area (Å²) in [5.41, 5.74) is 4.94. The highest BCUT2D eigenvalue weighted by molar-refractivity contribution is 5.95. The summed E-state index contributed by atoms with van der Waals surface area (Å²) in [6, 6.07) is 13.6. The number of aromatic amines is 1. The predicted molar refractivity (Wildman–Crippen MR) is 113 cm³/mol. The van der Waals surface area contributed by atoms with Crippen molar-refractivity contribution in [2.24, 2.45) is 0 Å². The van der Waals surface area contributed by atoms with E-state index < -0.39 is 0 Å². The maximum atomic E-state index is 12.4. The number of carbonyl (C=O) groups is 1. The van der Waals surface area contributed by atoms with Gasteiger partial charge in [-0.05, 0) is 34.7 Å². The molecule has 2 N–H and O–H groups in total. The Labute approximate surface area is 168 Å². The summed E-state index contributed by atoms with van der Waals surface area (Å²) < 4.78 is 5.34. The summed E-state index contributed by atoms with van der Waals surface area (Å²) in [6.45, 7) is 4.00. The van der Waals surface area contributed by atoms with Crippen molar-refractivity contribution in [2.75, 3.05) is 38.2 Å². The number of H-pyrrole nitrogens is 1. The Morgan fingerprint density at radius 2 is 1.90 bits per heavy atom. The molecule has 2 heterocycles. The van der Waals surface area contributed by atoms with Gasteiger partial charge in [-0.15, -0.1) is 0 Å². The van der Waals surface area contributed by atoms with Crippen LogP contribution in [0.25, 0.3) is 22.0 Å². The van der Waals surface area contributed by atoms with Crippen molar-refractivity contribution in [3.8, 4) is 11.3 Å². The molecule has 0 spiro atoms. The van der Waals surface area contributed by atoms with Crippen LogP contribution in [0.1, 0.15) is 17.5 Å². The number of nitrogens with zero attached hydrogens (tertiary/aromatic N) is 1. The van der Waals surface area contributed by atoms with Gasteiger partial charge >= 0.3 is 0 Å². The molecule has 0 atom stereocenters. The molecule has 0 unspecified atom stereocenters. The van der Waals surface area contributed by atoms with Crippen molar-refractivity contribution in [3.05, 3.63) is 63.9 Å². The smallest absolute Gasteiger partial charge is 0.256 e. The zero-order valence-electron chi connectivity index (χ0n) is 16.2. The molecule has 29 heavy (non-hydrogen) atoms.